The number of aromatic nitrogens is 4. The number of aryl methyl sites for hydroxylation is 1. The van der Waals surface area contributed by atoms with Crippen molar-refractivity contribution in [2.75, 3.05) is 0 Å². The van der Waals surface area contributed by atoms with Gasteiger partial charge in [0.15, 0.2) is 0 Å². The number of H-pyrrole nitrogens is 1. The molecule has 1 N–H and O–H groups in total. The molecule has 0 amide bonds. The van der Waals surface area contributed by atoms with E-state index in [2.05, 4.69) is 15.3 Å². The summed E-state index contributed by atoms with van der Waals surface area (Å²) in [4.78, 5) is 2.90. The van der Waals surface area contributed by atoms with Crippen LogP contribution in [0.15, 0.2) is 29.4 Å². The third-order valence-electron chi connectivity index (χ3n) is 2.89. The number of halogens is 2. The van der Waals surface area contributed by atoms with Crippen LogP contribution in [0, 0.1) is 0 Å². The summed E-state index contributed by atoms with van der Waals surface area (Å²) in [5, 5.41) is 8.75. The van der Waals surface area contributed by atoms with Gasteiger partial charge in [-0.3, -0.25) is 4.68 Å². The van der Waals surface area contributed by atoms with Crippen LogP contribution in [0.1, 0.15) is 0 Å². The number of benzene rings is 1. The van der Waals surface area contributed by atoms with Crippen LogP contribution in [-0.4, -0.2) is 28.4 Å². The first-order chi connectivity index (χ1) is 9.38. The average Bonchev–Trinajstić information content (AvgIpc) is 2.94. The van der Waals surface area contributed by atoms with Gasteiger partial charge in [0.25, 0.3) is 9.05 Å². The first kappa shape index (κ1) is 13.4. The van der Waals surface area contributed by atoms with Crippen LogP contribution in [0.2, 0.25) is 5.02 Å². The number of rotatable bonds is 2. The quantitative estimate of drug-likeness (QED) is 0.732. The predicted molar refractivity (Wildman–Crippen MR) is 76.3 cm³/mol. The summed E-state index contributed by atoms with van der Waals surface area (Å²) >= 11 is 6.19. The maximum atomic E-state index is 11.5. The van der Waals surface area contributed by atoms with Gasteiger partial charge in [0.1, 0.15) is 10.6 Å². The molecule has 0 aliphatic heterocycles. The van der Waals surface area contributed by atoms with E-state index in [1.165, 1.54) is 10.9 Å². The van der Waals surface area contributed by atoms with Gasteiger partial charge >= 0.3 is 0 Å². The Kier molecular flexibility index (Phi) is 3.00. The highest BCUT2D eigenvalue weighted by Crippen LogP contribution is 2.36. The molecule has 0 unspecified atom stereocenters. The minimum absolute atomic E-state index is 0.0102. The molecule has 0 fully saturated rings. The Balaban J connectivity index is 2.38. The van der Waals surface area contributed by atoms with Crippen molar-refractivity contribution in [3.63, 3.8) is 0 Å². The van der Waals surface area contributed by atoms with Crippen molar-refractivity contribution in [3.05, 3.63) is 29.5 Å². The second-order valence-electron chi connectivity index (χ2n) is 4.21. The molecule has 0 spiro atoms. The smallest absolute Gasteiger partial charge is 0.263 e. The SMILES string of the molecule is Cn1cc(-c2c(Cl)ccc3c(S(=O)(=O)Cl)c[nH]c23)nn1. The lowest BCUT2D eigenvalue weighted by Crippen LogP contribution is -1.88. The highest BCUT2D eigenvalue weighted by atomic mass is 35.7. The molecule has 1 aromatic carbocycles. The maximum Gasteiger partial charge on any atom is 0.263 e. The predicted octanol–water partition coefficient (Wildman–Crippen LogP) is 2.54. The zero-order chi connectivity index (χ0) is 14.5. The Morgan fingerprint density at radius 1 is 1.35 bits per heavy atom. The van der Waals surface area contributed by atoms with E-state index >= 15 is 0 Å². The molecule has 3 aromatic rings. The van der Waals surface area contributed by atoms with Crippen molar-refractivity contribution in [2.45, 2.75) is 4.90 Å². The van der Waals surface area contributed by atoms with Gasteiger partial charge in [-0.25, -0.2) is 8.42 Å². The normalized spacial score (nSPS) is 12.2. The molecule has 0 bridgehead atoms. The van der Waals surface area contributed by atoms with E-state index in [9.17, 15) is 8.42 Å². The summed E-state index contributed by atoms with van der Waals surface area (Å²) in [7, 11) is 3.30. The van der Waals surface area contributed by atoms with Crippen molar-refractivity contribution < 1.29 is 8.42 Å². The standard InChI is InChI=1S/C11H8Cl2N4O2S/c1-17-5-8(15-16-17)10-7(12)3-2-6-9(20(13,18)19)4-14-11(6)10/h2-5,14H,1H3. The molecule has 3 rings (SSSR count). The van der Waals surface area contributed by atoms with Crippen LogP contribution < -0.4 is 0 Å². The molecule has 9 heteroatoms. The average molecular weight is 331 g/mol. The van der Waals surface area contributed by atoms with Crippen LogP contribution in [-0.2, 0) is 16.1 Å². The molecular formula is C11H8Cl2N4O2S. The van der Waals surface area contributed by atoms with Crippen LogP contribution in [0.25, 0.3) is 22.2 Å². The molecule has 104 valence electrons. The summed E-state index contributed by atoms with van der Waals surface area (Å²) in [6, 6.07) is 3.20. The highest BCUT2D eigenvalue weighted by Gasteiger charge is 2.20. The van der Waals surface area contributed by atoms with Gasteiger partial charge < -0.3 is 4.98 Å². The summed E-state index contributed by atoms with van der Waals surface area (Å²) in [6.07, 6.45) is 3.03. The number of hydrogen-bond acceptors (Lipinski definition) is 4. The third kappa shape index (κ3) is 2.07. The van der Waals surface area contributed by atoms with Gasteiger partial charge in [-0.05, 0) is 12.1 Å². The number of nitrogens with zero attached hydrogens (tertiary/aromatic N) is 3. The number of hydrogen-bond donors (Lipinski definition) is 1. The Labute approximate surface area is 123 Å². The Bertz CT molecular complexity index is 914. The summed E-state index contributed by atoms with van der Waals surface area (Å²) < 4.78 is 24.6. The van der Waals surface area contributed by atoms with E-state index in [-0.39, 0.29) is 4.90 Å². The highest BCUT2D eigenvalue weighted by molar-refractivity contribution is 8.14. The van der Waals surface area contributed by atoms with E-state index in [0.29, 0.717) is 27.2 Å². The summed E-state index contributed by atoms with van der Waals surface area (Å²) in [5.74, 6) is 0. The van der Waals surface area contributed by atoms with E-state index in [4.69, 9.17) is 22.3 Å². The van der Waals surface area contributed by atoms with E-state index in [0.717, 1.165) is 0 Å². The molecule has 0 aliphatic rings. The fraction of sp³-hybridized carbons (Fsp3) is 0.0909. The number of fused-ring (bicyclic) bond motifs is 1. The molecule has 2 aromatic heterocycles. The van der Waals surface area contributed by atoms with Crippen LogP contribution in [0.4, 0.5) is 0 Å². The molecule has 0 atom stereocenters. The minimum atomic E-state index is -3.84. The van der Waals surface area contributed by atoms with Gasteiger partial charge in [0.2, 0.25) is 0 Å². The molecule has 2 heterocycles. The van der Waals surface area contributed by atoms with E-state index in [1.807, 2.05) is 0 Å². The van der Waals surface area contributed by atoms with Crippen LogP contribution in [0.3, 0.4) is 0 Å². The van der Waals surface area contributed by atoms with Crippen molar-refractivity contribution in [3.8, 4) is 11.3 Å². The van der Waals surface area contributed by atoms with Crippen molar-refractivity contribution >= 4 is 42.2 Å². The molecule has 0 saturated heterocycles. The van der Waals surface area contributed by atoms with Gasteiger partial charge in [-0.1, -0.05) is 16.8 Å². The number of nitrogens with one attached hydrogen (secondary N) is 1. The molecule has 0 saturated carbocycles. The van der Waals surface area contributed by atoms with Crippen LogP contribution >= 0.6 is 22.3 Å². The first-order valence-corrected chi connectivity index (χ1v) is 8.17. The molecule has 0 aliphatic carbocycles. The fourth-order valence-electron chi connectivity index (χ4n) is 2.06. The van der Waals surface area contributed by atoms with Gasteiger partial charge in [-0.2, -0.15) is 0 Å². The molecule has 20 heavy (non-hydrogen) atoms. The zero-order valence-electron chi connectivity index (χ0n) is 10.1. The third-order valence-corrected chi connectivity index (χ3v) is 4.57. The second-order valence-corrected chi connectivity index (χ2v) is 7.15. The Morgan fingerprint density at radius 3 is 2.70 bits per heavy atom. The molecule has 6 nitrogen and oxygen atoms in total. The van der Waals surface area contributed by atoms with E-state index in [1.54, 1.807) is 25.4 Å². The van der Waals surface area contributed by atoms with Gasteiger partial charge in [-0.15, -0.1) is 5.10 Å². The minimum Gasteiger partial charge on any atom is -0.359 e. The zero-order valence-corrected chi connectivity index (χ0v) is 12.5. The lowest BCUT2D eigenvalue weighted by molar-refractivity contribution is 0.610. The van der Waals surface area contributed by atoms with Crippen molar-refractivity contribution in [1.82, 2.24) is 20.0 Å². The lowest BCUT2D eigenvalue weighted by atomic mass is 10.1. The van der Waals surface area contributed by atoms with Crippen LogP contribution in [0.5, 0.6) is 0 Å². The largest absolute Gasteiger partial charge is 0.359 e. The topological polar surface area (TPSA) is 80.6 Å². The Hall–Kier alpha value is -1.57. The van der Waals surface area contributed by atoms with Crippen molar-refractivity contribution in [1.29, 1.82) is 0 Å². The number of aromatic amines is 1. The summed E-state index contributed by atoms with van der Waals surface area (Å²) in [5.41, 5.74) is 1.68. The molecular weight excluding hydrogens is 323 g/mol. The summed E-state index contributed by atoms with van der Waals surface area (Å²) in [6.45, 7) is 0. The fourth-order valence-corrected chi connectivity index (χ4v) is 3.33. The van der Waals surface area contributed by atoms with Gasteiger partial charge in [0.05, 0.1) is 16.7 Å². The van der Waals surface area contributed by atoms with E-state index < -0.39 is 9.05 Å². The first-order valence-electron chi connectivity index (χ1n) is 5.49. The molecule has 0 radical (unpaired) electrons. The van der Waals surface area contributed by atoms with Gasteiger partial charge in [0, 0.05) is 34.9 Å². The second kappa shape index (κ2) is 4.47. The monoisotopic (exact) mass is 330 g/mol. The maximum absolute atomic E-state index is 11.5. The van der Waals surface area contributed by atoms with Crippen molar-refractivity contribution in [2.24, 2.45) is 7.05 Å². The Morgan fingerprint density at radius 2 is 2.10 bits per heavy atom. The lowest BCUT2D eigenvalue weighted by Gasteiger charge is -2.03.